The number of carbonyl (C=O) groups excluding carboxylic acids is 2. The van der Waals surface area contributed by atoms with Gasteiger partial charge in [0.2, 0.25) is 11.8 Å². The standard InChI is InChI=1S/C21H25N3O3/c1-4-27-19-8-5-17(6-9-19)23-21(26)14(2)22-18-7-10-20-16(13-18)11-12-24(20)15(3)25/h5-10,13-14,22H,4,11-12H2,1-3H3,(H,23,26). The van der Waals surface area contributed by atoms with Crippen LogP contribution in [0.5, 0.6) is 5.75 Å². The van der Waals surface area contributed by atoms with E-state index in [1.807, 2.05) is 56.3 Å². The molecule has 0 saturated heterocycles. The molecule has 6 nitrogen and oxygen atoms in total. The highest BCUT2D eigenvalue weighted by Gasteiger charge is 2.22. The normalized spacial score (nSPS) is 13.7. The maximum absolute atomic E-state index is 12.4. The summed E-state index contributed by atoms with van der Waals surface area (Å²) in [5, 5.41) is 6.12. The third kappa shape index (κ3) is 4.39. The second kappa shape index (κ2) is 8.12. The van der Waals surface area contributed by atoms with Gasteiger partial charge in [0.25, 0.3) is 0 Å². The molecule has 2 aromatic carbocycles. The molecule has 0 aromatic heterocycles. The largest absolute Gasteiger partial charge is 0.494 e. The van der Waals surface area contributed by atoms with Crippen LogP contribution in [0.3, 0.4) is 0 Å². The third-order valence-corrected chi connectivity index (χ3v) is 4.56. The Hall–Kier alpha value is -3.02. The van der Waals surface area contributed by atoms with Crippen LogP contribution in [0.15, 0.2) is 42.5 Å². The van der Waals surface area contributed by atoms with Gasteiger partial charge in [0.05, 0.1) is 6.61 Å². The summed E-state index contributed by atoms with van der Waals surface area (Å²) in [5.41, 5.74) is 3.67. The predicted molar refractivity (Wildman–Crippen MR) is 107 cm³/mol. The highest BCUT2D eigenvalue weighted by molar-refractivity contribution is 5.97. The van der Waals surface area contributed by atoms with Gasteiger partial charge < -0.3 is 20.3 Å². The van der Waals surface area contributed by atoms with Gasteiger partial charge >= 0.3 is 0 Å². The van der Waals surface area contributed by atoms with Gasteiger partial charge in [-0.15, -0.1) is 0 Å². The summed E-state index contributed by atoms with van der Waals surface area (Å²) in [5.74, 6) is 0.710. The number of ether oxygens (including phenoxy) is 1. The predicted octanol–water partition coefficient (Wildman–Crippen LogP) is 3.43. The Balaban J connectivity index is 1.61. The fourth-order valence-electron chi connectivity index (χ4n) is 3.19. The van der Waals surface area contributed by atoms with Crippen LogP contribution >= 0.6 is 0 Å². The molecule has 1 aliphatic heterocycles. The van der Waals surface area contributed by atoms with Crippen molar-refractivity contribution in [2.75, 3.05) is 28.7 Å². The summed E-state index contributed by atoms with van der Waals surface area (Å²) < 4.78 is 5.40. The van der Waals surface area contributed by atoms with E-state index in [0.717, 1.165) is 34.8 Å². The van der Waals surface area contributed by atoms with E-state index >= 15 is 0 Å². The minimum Gasteiger partial charge on any atom is -0.494 e. The number of carbonyl (C=O) groups is 2. The molecule has 2 aromatic rings. The molecule has 142 valence electrons. The molecule has 1 aliphatic rings. The minimum absolute atomic E-state index is 0.0533. The summed E-state index contributed by atoms with van der Waals surface area (Å²) in [7, 11) is 0. The number of fused-ring (bicyclic) bond motifs is 1. The van der Waals surface area contributed by atoms with Gasteiger partial charge in [-0.05, 0) is 68.3 Å². The van der Waals surface area contributed by atoms with Gasteiger partial charge in [0.1, 0.15) is 11.8 Å². The van der Waals surface area contributed by atoms with Crippen molar-refractivity contribution in [3.63, 3.8) is 0 Å². The number of amides is 2. The van der Waals surface area contributed by atoms with Gasteiger partial charge in [0.15, 0.2) is 0 Å². The maximum Gasteiger partial charge on any atom is 0.246 e. The van der Waals surface area contributed by atoms with Gasteiger partial charge in [-0.1, -0.05) is 0 Å². The number of benzene rings is 2. The Labute approximate surface area is 159 Å². The van der Waals surface area contributed by atoms with Crippen LogP contribution < -0.4 is 20.3 Å². The summed E-state index contributed by atoms with van der Waals surface area (Å²) in [6.07, 6.45) is 0.831. The maximum atomic E-state index is 12.4. The van der Waals surface area contributed by atoms with Crippen molar-refractivity contribution in [3.05, 3.63) is 48.0 Å². The van der Waals surface area contributed by atoms with Crippen molar-refractivity contribution < 1.29 is 14.3 Å². The number of rotatable bonds is 6. The van der Waals surface area contributed by atoms with Crippen molar-refractivity contribution in [3.8, 4) is 5.75 Å². The molecule has 2 amide bonds. The Morgan fingerprint density at radius 1 is 1.15 bits per heavy atom. The van der Waals surface area contributed by atoms with Crippen LogP contribution in [-0.4, -0.2) is 31.0 Å². The number of hydrogen-bond donors (Lipinski definition) is 2. The van der Waals surface area contributed by atoms with E-state index in [1.54, 1.807) is 11.8 Å². The van der Waals surface area contributed by atoms with Crippen molar-refractivity contribution in [1.29, 1.82) is 0 Å². The average Bonchev–Trinajstić information content (AvgIpc) is 3.07. The first-order valence-corrected chi connectivity index (χ1v) is 9.19. The fourth-order valence-corrected chi connectivity index (χ4v) is 3.19. The van der Waals surface area contributed by atoms with E-state index in [9.17, 15) is 9.59 Å². The SMILES string of the molecule is CCOc1ccc(NC(=O)C(C)Nc2ccc3c(c2)CCN3C(C)=O)cc1. The van der Waals surface area contributed by atoms with Gasteiger partial charge in [-0.25, -0.2) is 0 Å². The van der Waals surface area contributed by atoms with E-state index in [0.29, 0.717) is 13.2 Å². The minimum atomic E-state index is -0.403. The molecule has 27 heavy (non-hydrogen) atoms. The van der Waals surface area contributed by atoms with Gasteiger partial charge in [0, 0.05) is 30.5 Å². The molecular formula is C21H25N3O3. The Bertz CT molecular complexity index is 833. The zero-order valence-electron chi connectivity index (χ0n) is 15.9. The molecule has 0 fully saturated rings. The van der Waals surface area contributed by atoms with Crippen molar-refractivity contribution >= 4 is 28.9 Å². The summed E-state index contributed by atoms with van der Waals surface area (Å²) in [6.45, 7) is 6.65. The van der Waals surface area contributed by atoms with Crippen molar-refractivity contribution in [1.82, 2.24) is 0 Å². The quantitative estimate of drug-likeness (QED) is 0.821. The monoisotopic (exact) mass is 367 g/mol. The zero-order valence-corrected chi connectivity index (χ0v) is 15.9. The lowest BCUT2D eigenvalue weighted by molar-refractivity contribution is -0.117. The van der Waals surface area contributed by atoms with Crippen LogP contribution in [0, 0.1) is 0 Å². The smallest absolute Gasteiger partial charge is 0.246 e. The molecule has 0 radical (unpaired) electrons. The number of hydrogen-bond acceptors (Lipinski definition) is 4. The average molecular weight is 367 g/mol. The van der Waals surface area contributed by atoms with Crippen LogP contribution in [0.4, 0.5) is 17.1 Å². The highest BCUT2D eigenvalue weighted by atomic mass is 16.5. The number of nitrogens with one attached hydrogen (secondary N) is 2. The molecule has 1 heterocycles. The molecule has 0 spiro atoms. The van der Waals surface area contributed by atoms with E-state index in [2.05, 4.69) is 10.6 Å². The second-order valence-electron chi connectivity index (χ2n) is 6.58. The van der Waals surface area contributed by atoms with Crippen LogP contribution in [0.25, 0.3) is 0 Å². The first-order chi connectivity index (χ1) is 13.0. The van der Waals surface area contributed by atoms with Crippen LogP contribution in [0.2, 0.25) is 0 Å². The number of anilines is 3. The Morgan fingerprint density at radius 3 is 2.52 bits per heavy atom. The second-order valence-corrected chi connectivity index (χ2v) is 6.58. The lowest BCUT2D eigenvalue weighted by Gasteiger charge is -2.18. The van der Waals surface area contributed by atoms with Gasteiger partial charge in [-0.2, -0.15) is 0 Å². The van der Waals surface area contributed by atoms with E-state index < -0.39 is 6.04 Å². The van der Waals surface area contributed by atoms with Crippen LogP contribution in [0.1, 0.15) is 26.3 Å². The van der Waals surface area contributed by atoms with Crippen LogP contribution in [-0.2, 0) is 16.0 Å². The Morgan fingerprint density at radius 2 is 1.85 bits per heavy atom. The summed E-state index contributed by atoms with van der Waals surface area (Å²) in [4.78, 5) is 25.9. The Kier molecular flexibility index (Phi) is 5.64. The molecule has 0 saturated carbocycles. The lowest BCUT2D eigenvalue weighted by atomic mass is 10.1. The van der Waals surface area contributed by atoms with Crippen molar-refractivity contribution in [2.24, 2.45) is 0 Å². The topological polar surface area (TPSA) is 70.7 Å². The van der Waals surface area contributed by atoms with E-state index in [4.69, 9.17) is 4.74 Å². The zero-order chi connectivity index (χ0) is 19.4. The lowest BCUT2D eigenvalue weighted by Crippen LogP contribution is -2.31. The first kappa shape index (κ1) is 18.8. The third-order valence-electron chi connectivity index (χ3n) is 4.56. The molecule has 3 rings (SSSR count). The fraction of sp³-hybridized carbons (Fsp3) is 0.333. The van der Waals surface area contributed by atoms with E-state index in [1.165, 1.54) is 0 Å². The van der Waals surface area contributed by atoms with Gasteiger partial charge in [-0.3, -0.25) is 9.59 Å². The molecule has 0 bridgehead atoms. The molecule has 1 unspecified atom stereocenters. The summed E-state index contributed by atoms with van der Waals surface area (Å²) >= 11 is 0. The van der Waals surface area contributed by atoms with Crippen molar-refractivity contribution in [2.45, 2.75) is 33.2 Å². The molecule has 6 heteroatoms. The molecule has 2 N–H and O–H groups in total. The first-order valence-electron chi connectivity index (χ1n) is 9.19. The van der Waals surface area contributed by atoms with E-state index in [-0.39, 0.29) is 11.8 Å². The molecule has 1 atom stereocenters. The number of nitrogens with zero attached hydrogens (tertiary/aromatic N) is 1. The molecular weight excluding hydrogens is 342 g/mol. The summed E-state index contributed by atoms with van der Waals surface area (Å²) in [6, 6.07) is 12.8. The molecule has 0 aliphatic carbocycles. The highest BCUT2D eigenvalue weighted by Crippen LogP contribution is 2.30.